The van der Waals surface area contributed by atoms with Gasteiger partial charge < -0.3 is 4.57 Å². The van der Waals surface area contributed by atoms with Crippen molar-refractivity contribution in [2.45, 2.75) is 0 Å². The van der Waals surface area contributed by atoms with Crippen molar-refractivity contribution in [3.8, 4) is 0 Å². The van der Waals surface area contributed by atoms with Crippen LogP contribution in [0.3, 0.4) is 0 Å². The van der Waals surface area contributed by atoms with Crippen LogP contribution in [0.15, 0.2) is 52.9 Å². The lowest BCUT2D eigenvalue weighted by molar-refractivity contribution is -0.123. The number of carbonyl (C=O) groups is 2. The number of thioether (sulfide) groups is 1. The zero-order valence-corrected chi connectivity index (χ0v) is 16.1. The summed E-state index contributed by atoms with van der Waals surface area (Å²) in [7, 11) is 1.96. The number of para-hydroxylation sites is 1. The Balaban J connectivity index is 1.62. The number of nitrogens with zero attached hydrogens (tertiary/aromatic N) is 2. The molecule has 0 aliphatic carbocycles. The highest BCUT2D eigenvalue weighted by Crippen LogP contribution is 2.33. The number of hydrogen-bond acceptors (Lipinski definition) is 5. The van der Waals surface area contributed by atoms with Crippen molar-refractivity contribution in [3.05, 3.63) is 63.3 Å². The molecule has 130 valence electrons. The molecule has 1 N–H and O–H groups in total. The number of carbonyl (C=O) groups excluding carboxylic acids is 2. The minimum absolute atomic E-state index is 0.311. The van der Waals surface area contributed by atoms with Crippen LogP contribution in [0.5, 0.6) is 0 Å². The Morgan fingerprint density at radius 3 is 2.81 bits per heavy atom. The van der Waals surface area contributed by atoms with E-state index in [2.05, 4.69) is 5.43 Å². The Bertz CT molecular complexity index is 1070. The average molecular weight is 400 g/mol. The number of fused-ring (bicyclic) bond motifs is 1. The normalized spacial score (nSPS) is 16.0. The Kier molecular flexibility index (Phi) is 4.39. The van der Waals surface area contributed by atoms with E-state index >= 15 is 0 Å². The smallest absolute Gasteiger partial charge is 0.285 e. The van der Waals surface area contributed by atoms with Crippen molar-refractivity contribution in [2.75, 3.05) is 0 Å². The zero-order chi connectivity index (χ0) is 18.3. The maximum absolute atomic E-state index is 12.7. The molecule has 1 aliphatic rings. The summed E-state index contributed by atoms with van der Waals surface area (Å²) in [5.41, 5.74) is 4.61. The van der Waals surface area contributed by atoms with Gasteiger partial charge in [0.05, 0.1) is 9.78 Å². The van der Waals surface area contributed by atoms with E-state index in [1.807, 2.05) is 48.2 Å². The number of nitrogens with one attached hydrogen (secondary N) is 1. The topological polar surface area (TPSA) is 54.3 Å². The maximum Gasteiger partial charge on any atom is 0.285 e. The van der Waals surface area contributed by atoms with E-state index in [1.54, 1.807) is 17.5 Å². The summed E-state index contributed by atoms with van der Waals surface area (Å²) in [5.74, 6) is -0.666. The number of benzene rings is 1. The quantitative estimate of drug-likeness (QED) is 0.538. The lowest BCUT2D eigenvalue weighted by atomic mass is 10.1. The van der Waals surface area contributed by atoms with E-state index in [0.29, 0.717) is 14.1 Å². The van der Waals surface area contributed by atoms with Crippen molar-refractivity contribution in [3.63, 3.8) is 0 Å². The fourth-order valence-electron chi connectivity index (χ4n) is 2.76. The Morgan fingerprint density at radius 1 is 1.23 bits per heavy atom. The molecule has 2 aromatic heterocycles. The molecule has 1 saturated heterocycles. The van der Waals surface area contributed by atoms with Gasteiger partial charge >= 0.3 is 0 Å². The van der Waals surface area contributed by atoms with Crippen LogP contribution in [0.1, 0.15) is 15.2 Å². The molecule has 2 amide bonds. The SMILES string of the molecule is Cn1cc(/C=C2/SC(=S)N(NC(=O)c3cccs3)C2=O)c2ccccc21. The van der Waals surface area contributed by atoms with Crippen LogP contribution >= 0.6 is 35.3 Å². The first-order chi connectivity index (χ1) is 12.5. The van der Waals surface area contributed by atoms with E-state index in [0.717, 1.165) is 21.5 Å². The Hall–Kier alpha value is -2.42. The lowest BCUT2D eigenvalue weighted by Crippen LogP contribution is -2.44. The van der Waals surface area contributed by atoms with Crippen LogP contribution in [-0.4, -0.2) is 25.7 Å². The van der Waals surface area contributed by atoms with Crippen LogP contribution in [0.4, 0.5) is 0 Å². The summed E-state index contributed by atoms with van der Waals surface area (Å²) in [6, 6.07) is 11.5. The van der Waals surface area contributed by atoms with E-state index in [4.69, 9.17) is 12.2 Å². The molecule has 0 radical (unpaired) electrons. The molecule has 1 fully saturated rings. The molecule has 26 heavy (non-hydrogen) atoms. The number of thiocarbonyl (C=S) groups is 1. The largest absolute Gasteiger partial charge is 0.350 e. The van der Waals surface area contributed by atoms with Crippen LogP contribution in [-0.2, 0) is 11.8 Å². The van der Waals surface area contributed by atoms with Crippen molar-refractivity contribution in [1.29, 1.82) is 0 Å². The maximum atomic E-state index is 12.7. The minimum Gasteiger partial charge on any atom is -0.350 e. The molecule has 0 atom stereocenters. The van der Waals surface area contributed by atoms with Gasteiger partial charge in [-0.15, -0.1) is 11.3 Å². The van der Waals surface area contributed by atoms with E-state index < -0.39 is 0 Å². The van der Waals surface area contributed by atoms with Gasteiger partial charge in [0.2, 0.25) is 0 Å². The third-order valence-corrected chi connectivity index (χ3v) is 6.14. The fourth-order valence-corrected chi connectivity index (χ4v) is 4.54. The van der Waals surface area contributed by atoms with Crippen molar-refractivity contribution in [1.82, 2.24) is 15.0 Å². The number of rotatable bonds is 3. The first-order valence-corrected chi connectivity index (χ1v) is 9.81. The van der Waals surface area contributed by atoms with Crippen LogP contribution in [0, 0.1) is 0 Å². The van der Waals surface area contributed by atoms with E-state index in [-0.39, 0.29) is 11.8 Å². The van der Waals surface area contributed by atoms with Gasteiger partial charge in [0.1, 0.15) is 0 Å². The van der Waals surface area contributed by atoms with Gasteiger partial charge in [0, 0.05) is 29.7 Å². The molecule has 0 spiro atoms. The molecule has 0 saturated carbocycles. The predicted octanol–water partition coefficient (Wildman–Crippen LogP) is 3.79. The van der Waals surface area contributed by atoms with Gasteiger partial charge in [0.25, 0.3) is 11.8 Å². The summed E-state index contributed by atoms with van der Waals surface area (Å²) < 4.78 is 2.33. The molecule has 1 aliphatic heterocycles. The molecule has 1 aromatic carbocycles. The second kappa shape index (κ2) is 6.71. The molecule has 0 unspecified atom stereocenters. The number of hydrazine groups is 1. The third-order valence-electron chi connectivity index (χ3n) is 3.97. The molecule has 5 nitrogen and oxygen atoms in total. The summed E-state index contributed by atoms with van der Waals surface area (Å²) in [4.78, 5) is 25.9. The predicted molar refractivity (Wildman–Crippen MR) is 110 cm³/mol. The van der Waals surface area contributed by atoms with E-state index in [1.165, 1.54) is 23.1 Å². The molecule has 4 rings (SSSR count). The Morgan fingerprint density at radius 2 is 2.04 bits per heavy atom. The van der Waals surface area contributed by atoms with Crippen molar-refractivity contribution < 1.29 is 9.59 Å². The van der Waals surface area contributed by atoms with Crippen molar-refractivity contribution in [2.24, 2.45) is 7.05 Å². The van der Waals surface area contributed by atoms with Gasteiger partial charge in [-0.1, -0.05) is 36.0 Å². The summed E-state index contributed by atoms with van der Waals surface area (Å²) in [6.45, 7) is 0. The van der Waals surface area contributed by atoms with E-state index in [9.17, 15) is 9.59 Å². The molecular formula is C18H13N3O2S3. The summed E-state index contributed by atoms with van der Waals surface area (Å²) in [5, 5.41) is 4.00. The minimum atomic E-state index is -0.345. The molecule has 0 bridgehead atoms. The lowest BCUT2D eigenvalue weighted by Gasteiger charge is -2.14. The average Bonchev–Trinajstić information content (AvgIpc) is 3.33. The Labute approximate surface area is 163 Å². The van der Waals surface area contributed by atoms with Gasteiger partial charge in [0.15, 0.2) is 4.32 Å². The molecule has 8 heteroatoms. The standard InChI is InChI=1S/C18H13N3O2S3/c1-20-10-11(12-5-2-3-6-13(12)20)9-15-17(23)21(18(24)26-15)19-16(22)14-7-4-8-25-14/h2-10H,1H3,(H,19,22)/b15-9+. The van der Waals surface area contributed by atoms with Crippen LogP contribution in [0.25, 0.3) is 17.0 Å². The highest BCUT2D eigenvalue weighted by molar-refractivity contribution is 8.26. The summed E-state index contributed by atoms with van der Waals surface area (Å²) >= 11 is 7.76. The number of aryl methyl sites for hydroxylation is 1. The van der Waals surface area contributed by atoms with Gasteiger partial charge in [-0.25, -0.2) is 0 Å². The second-order valence-corrected chi connectivity index (χ2v) is 8.27. The van der Waals surface area contributed by atoms with Crippen LogP contribution in [0.2, 0.25) is 0 Å². The third kappa shape index (κ3) is 2.96. The second-order valence-electron chi connectivity index (χ2n) is 5.65. The molecular weight excluding hydrogens is 386 g/mol. The number of hydrogen-bond donors (Lipinski definition) is 1. The zero-order valence-electron chi connectivity index (χ0n) is 13.6. The van der Waals surface area contributed by atoms with Gasteiger partial charge in [-0.2, -0.15) is 5.01 Å². The highest BCUT2D eigenvalue weighted by Gasteiger charge is 2.34. The molecule has 3 heterocycles. The summed E-state index contributed by atoms with van der Waals surface area (Å²) in [6.07, 6.45) is 3.79. The first-order valence-electron chi connectivity index (χ1n) is 7.71. The number of aromatic nitrogens is 1. The van der Waals surface area contributed by atoms with Crippen LogP contribution < -0.4 is 5.43 Å². The van der Waals surface area contributed by atoms with Crippen molar-refractivity contribution >= 4 is 68.4 Å². The highest BCUT2D eigenvalue weighted by atomic mass is 32.2. The number of thiophene rings is 1. The fraction of sp³-hybridized carbons (Fsp3) is 0.0556. The molecule has 3 aromatic rings. The van der Waals surface area contributed by atoms with Gasteiger partial charge in [-0.3, -0.25) is 15.0 Å². The van der Waals surface area contributed by atoms with Gasteiger partial charge in [-0.05, 0) is 35.8 Å². The first kappa shape index (κ1) is 17.0. The monoisotopic (exact) mass is 399 g/mol. The number of amides is 2.